The van der Waals surface area contributed by atoms with Crippen LogP contribution < -0.4 is 5.32 Å². The molecule has 1 heterocycles. The lowest BCUT2D eigenvalue weighted by Gasteiger charge is -2.28. The van der Waals surface area contributed by atoms with Crippen molar-refractivity contribution in [3.8, 4) is 0 Å². The number of nitrogens with one attached hydrogen (secondary N) is 1. The Morgan fingerprint density at radius 3 is 2.81 bits per heavy atom. The molecule has 1 saturated heterocycles. The molecular weight excluding hydrogens is 226 g/mol. The van der Waals surface area contributed by atoms with Gasteiger partial charge in [-0.1, -0.05) is 23.7 Å². The third kappa shape index (κ3) is 2.54. The molecule has 2 N–H and O–H groups in total. The summed E-state index contributed by atoms with van der Waals surface area (Å²) in [6.45, 7) is 0.534. The number of rotatable bonds is 2. The maximum Gasteiger partial charge on any atom is 0.307 e. The van der Waals surface area contributed by atoms with Crippen LogP contribution in [-0.2, 0) is 4.79 Å². The third-order valence-electron chi connectivity index (χ3n) is 3.01. The van der Waals surface area contributed by atoms with Gasteiger partial charge in [0.2, 0.25) is 0 Å². The van der Waals surface area contributed by atoms with Gasteiger partial charge < -0.3 is 10.4 Å². The Labute approximate surface area is 99.4 Å². The monoisotopic (exact) mass is 239 g/mol. The van der Waals surface area contributed by atoms with E-state index in [9.17, 15) is 4.79 Å². The number of hydrogen-bond acceptors (Lipinski definition) is 2. The van der Waals surface area contributed by atoms with Crippen molar-refractivity contribution in [2.24, 2.45) is 5.92 Å². The summed E-state index contributed by atoms with van der Waals surface area (Å²) in [5, 5.41) is 12.9. The van der Waals surface area contributed by atoms with Gasteiger partial charge in [-0.3, -0.25) is 4.79 Å². The minimum Gasteiger partial charge on any atom is -0.481 e. The second-order valence-corrected chi connectivity index (χ2v) is 4.56. The van der Waals surface area contributed by atoms with E-state index in [-0.39, 0.29) is 12.0 Å². The highest BCUT2D eigenvalue weighted by molar-refractivity contribution is 6.30. The summed E-state index contributed by atoms with van der Waals surface area (Å²) in [4.78, 5) is 10.8. The SMILES string of the molecule is O=C(O)C1CCC(c2cccc(Cl)c2)NC1. The van der Waals surface area contributed by atoms with E-state index >= 15 is 0 Å². The molecule has 3 nitrogen and oxygen atoms in total. The molecule has 2 unspecified atom stereocenters. The quantitative estimate of drug-likeness (QED) is 0.834. The van der Waals surface area contributed by atoms with E-state index in [0.29, 0.717) is 6.54 Å². The minimum atomic E-state index is -0.711. The predicted octanol–water partition coefficient (Wildman–Crippen LogP) is 2.47. The molecule has 2 atom stereocenters. The molecule has 2 rings (SSSR count). The molecule has 1 aliphatic heterocycles. The Kier molecular flexibility index (Phi) is 3.46. The summed E-state index contributed by atoms with van der Waals surface area (Å²) in [7, 11) is 0. The number of aliphatic carboxylic acids is 1. The molecule has 0 aliphatic carbocycles. The molecule has 86 valence electrons. The number of carboxylic acids is 1. The number of carbonyl (C=O) groups is 1. The highest BCUT2D eigenvalue weighted by Gasteiger charge is 2.26. The van der Waals surface area contributed by atoms with Gasteiger partial charge in [0, 0.05) is 17.6 Å². The summed E-state index contributed by atoms with van der Waals surface area (Å²) in [6.07, 6.45) is 1.57. The topological polar surface area (TPSA) is 49.3 Å². The van der Waals surface area contributed by atoms with Crippen molar-refractivity contribution in [3.05, 3.63) is 34.9 Å². The number of halogens is 1. The van der Waals surface area contributed by atoms with Crippen LogP contribution in [0.2, 0.25) is 5.02 Å². The molecule has 1 fully saturated rings. The Balaban J connectivity index is 2.01. The van der Waals surface area contributed by atoms with Crippen LogP contribution in [0.5, 0.6) is 0 Å². The van der Waals surface area contributed by atoms with Crippen LogP contribution in [0, 0.1) is 5.92 Å². The van der Waals surface area contributed by atoms with Gasteiger partial charge in [-0.2, -0.15) is 0 Å². The zero-order valence-electron chi connectivity index (χ0n) is 8.82. The molecule has 0 amide bonds. The van der Waals surface area contributed by atoms with E-state index in [0.717, 1.165) is 23.4 Å². The third-order valence-corrected chi connectivity index (χ3v) is 3.25. The normalized spacial score (nSPS) is 25.3. The van der Waals surface area contributed by atoms with Gasteiger partial charge >= 0.3 is 5.97 Å². The largest absolute Gasteiger partial charge is 0.481 e. The minimum absolute atomic E-state index is 0.231. The zero-order chi connectivity index (χ0) is 11.5. The summed E-state index contributed by atoms with van der Waals surface area (Å²) in [5.41, 5.74) is 1.14. The van der Waals surface area contributed by atoms with Gasteiger partial charge in [-0.15, -0.1) is 0 Å². The van der Waals surface area contributed by atoms with Crippen LogP contribution in [0.25, 0.3) is 0 Å². The van der Waals surface area contributed by atoms with Crippen LogP contribution in [0.4, 0.5) is 0 Å². The van der Waals surface area contributed by atoms with Crippen molar-refractivity contribution in [1.82, 2.24) is 5.32 Å². The second kappa shape index (κ2) is 4.85. The van der Waals surface area contributed by atoms with Gasteiger partial charge in [0.15, 0.2) is 0 Å². The van der Waals surface area contributed by atoms with E-state index in [4.69, 9.17) is 16.7 Å². The molecule has 4 heteroatoms. The van der Waals surface area contributed by atoms with E-state index < -0.39 is 5.97 Å². The van der Waals surface area contributed by atoms with E-state index in [1.165, 1.54) is 0 Å². The molecule has 1 aromatic carbocycles. The van der Waals surface area contributed by atoms with Crippen molar-refractivity contribution in [1.29, 1.82) is 0 Å². The zero-order valence-corrected chi connectivity index (χ0v) is 9.57. The van der Waals surface area contributed by atoms with Crippen molar-refractivity contribution >= 4 is 17.6 Å². The fourth-order valence-electron chi connectivity index (χ4n) is 2.08. The molecular formula is C12H14ClNO2. The van der Waals surface area contributed by atoms with Crippen molar-refractivity contribution in [2.75, 3.05) is 6.54 Å². The number of carboxylic acid groups (broad SMARTS) is 1. The second-order valence-electron chi connectivity index (χ2n) is 4.13. The average molecular weight is 240 g/mol. The molecule has 0 bridgehead atoms. The summed E-state index contributed by atoms with van der Waals surface area (Å²) in [6, 6.07) is 7.94. The fraction of sp³-hybridized carbons (Fsp3) is 0.417. The van der Waals surface area contributed by atoms with Gasteiger partial charge in [0.25, 0.3) is 0 Å². The van der Waals surface area contributed by atoms with E-state index in [2.05, 4.69) is 5.32 Å². The molecule has 16 heavy (non-hydrogen) atoms. The van der Waals surface area contributed by atoms with Crippen LogP contribution in [0.3, 0.4) is 0 Å². The Hall–Kier alpha value is -1.06. The van der Waals surface area contributed by atoms with Crippen molar-refractivity contribution in [2.45, 2.75) is 18.9 Å². The molecule has 0 saturated carbocycles. The average Bonchev–Trinajstić information content (AvgIpc) is 2.29. The van der Waals surface area contributed by atoms with Crippen LogP contribution in [-0.4, -0.2) is 17.6 Å². The van der Waals surface area contributed by atoms with Crippen LogP contribution in [0.1, 0.15) is 24.4 Å². The predicted molar refractivity (Wildman–Crippen MR) is 62.6 cm³/mol. The maximum absolute atomic E-state index is 10.8. The summed E-state index contributed by atoms with van der Waals surface area (Å²) in [5.74, 6) is -0.965. The van der Waals surface area contributed by atoms with Gasteiger partial charge in [-0.05, 0) is 30.5 Å². The first-order valence-corrected chi connectivity index (χ1v) is 5.76. The number of piperidine rings is 1. The van der Waals surface area contributed by atoms with Crippen molar-refractivity contribution in [3.63, 3.8) is 0 Å². The van der Waals surface area contributed by atoms with Crippen molar-refractivity contribution < 1.29 is 9.90 Å². The highest BCUT2D eigenvalue weighted by Crippen LogP contribution is 2.27. The standard InChI is InChI=1S/C12H14ClNO2/c13-10-3-1-2-8(6-10)11-5-4-9(7-14-11)12(15)16/h1-3,6,9,11,14H,4-5,7H2,(H,15,16). The highest BCUT2D eigenvalue weighted by atomic mass is 35.5. The Bertz CT molecular complexity index is 386. The van der Waals surface area contributed by atoms with E-state index in [1.54, 1.807) is 0 Å². The Morgan fingerprint density at radius 1 is 1.44 bits per heavy atom. The number of benzene rings is 1. The molecule has 0 radical (unpaired) electrons. The first-order chi connectivity index (χ1) is 7.66. The Morgan fingerprint density at radius 2 is 2.25 bits per heavy atom. The molecule has 1 aliphatic rings. The molecule has 1 aromatic rings. The lowest BCUT2D eigenvalue weighted by Crippen LogP contribution is -2.36. The number of hydrogen-bond donors (Lipinski definition) is 2. The lowest BCUT2D eigenvalue weighted by atomic mass is 9.91. The lowest BCUT2D eigenvalue weighted by molar-refractivity contribution is -0.142. The van der Waals surface area contributed by atoms with Crippen LogP contribution in [0.15, 0.2) is 24.3 Å². The van der Waals surface area contributed by atoms with E-state index in [1.807, 2.05) is 24.3 Å². The summed E-state index contributed by atoms with van der Waals surface area (Å²) < 4.78 is 0. The smallest absolute Gasteiger partial charge is 0.307 e. The maximum atomic E-state index is 10.8. The van der Waals surface area contributed by atoms with Crippen LogP contribution >= 0.6 is 11.6 Å². The van der Waals surface area contributed by atoms with Gasteiger partial charge in [0.05, 0.1) is 5.92 Å². The molecule has 0 spiro atoms. The van der Waals surface area contributed by atoms with Gasteiger partial charge in [-0.25, -0.2) is 0 Å². The first kappa shape index (κ1) is 11.4. The van der Waals surface area contributed by atoms with Gasteiger partial charge in [0.1, 0.15) is 0 Å². The summed E-state index contributed by atoms with van der Waals surface area (Å²) >= 11 is 5.92. The fourth-order valence-corrected chi connectivity index (χ4v) is 2.27. The molecule has 0 aromatic heterocycles. The first-order valence-electron chi connectivity index (χ1n) is 5.38.